The third-order valence-corrected chi connectivity index (χ3v) is 9.13. The molecule has 9 nitrogen and oxygen atoms in total. The number of hydrogen-bond acceptors (Lipinski definition) is 6. The Kier molecular flexibility index (Phi) is 10.4. The number of Topliss-reactive ketones (excluding diaryl/α,β-unsaturated/α-hetero) is 1. The first kappa shape index (κ1) is 33.2. The molecule has 4 aromatic rings. The van der Waals surface area contributed by atoms with Gasteiger partial charge in [0, 0.05) is 35.5 Å². The van der Waals surface area contributed by atoms with Crippen LogP contribution in [0.1, 0.15) is 67.4 Å². The molecule has 5 N–H and O–H groups in total. The topological polar surface area (TPSA) is 147 Å². The predicted octanol–water partition coefficient (Wildman–Crippen LogP) is 6.41. The number of aromatic nitrogens is 1. The number of aromatic amines is 1. The molecule has 1 saturated carbocycles. The molecule has 3 aromatic carbocycles. The number of ketones is 1. The van der Waals surface area contributed by atoms with Gasteiger partial charge in [0.1, 0.15) is 5.78 Å². The first-order valence-corrected chi connectivity index (χ1v) is 16.2. The van der Waals surface area contributed by atoms with Gasteiger partial charge in [-0.05, 0) is 112 Å². The van der Waals surface area contributed by atoms with Crippen LogP contribution in [0.2, 0.25) is 5.02 Å². The summed E-state index contributed by atoms with van der Waals surface area (Å²) in [5.41, 5.74) is 11.3. The van der Waals surface area contributed by atoms with Crippen molar-refractivity contribution in [2.24, 2.45) is 23.5 Å². The zero-order chi connectivity index (χ0) is 33.0. The first-order chi connectivity index (χ1) is 22.0. The number of nitrogens with one attached hydrogen (secondary N) is 3. The van der Waals surface area contributed by atoms with Crippen molar-refractivity contribution in [3.8, 4) is 11.1 Å². The summed E-state index contributed by atoms with van der Waals surface area (Å²) < 4.78 is 5.07. The molecule has 0 bridgehead atoms. The van der Waals surface area contributed by atoms with Crippen molar-refractivity contribution in [1.29, 1.82) is 0 Å². The minimum absolute atomic E-state index is 0.0518. The number of fused-ring (bicyclic) bond motifs is 1. The van der Waals surface area contributed by atoms with Crippen LogP contribution >= 0.6 is 11.6 Å². The van der Waals surface area contributed by atoms with Crippen LogP contribution in [-0.4, -0.2) is 35.2 Å². The van der Waals surface area contributed by atoms with E-state index in [1.165, 1.54) is 6.07 Å². The number of halogens is 1. The standard InChI is InChI=1S/C36H41ClN4O5/c1-20(2)39-34(43)26-12-13-29(21(3)14-26)24-8-4-22(5-9-24)15-27(16-32(42)25-10-6-23(19-38)7-11-25)35(44)40-28-17-30(37)33-31(18-28)41-36(45)46-33/h4-5,8-9,12-14,17-18,20,23,25,27H,6-7,10-11,15-16,19,38H2,1-3H3,(H,39,43)(H,40,44)(H,41,45)/t23?,25?,27-/m1/s1. The smallest absolute Gasteiger partial charge is 0.406 e. The van der Waals surface area contributed by atoms with Crippen LogP contribution < -0.4 is 22.1 Å². The molecule has 0 spiro atoms. The molecule has 10 heteroatoms. The summed E-state index contributed by atoms with van der Waals surface area (Å²) in [7, 11) is 0. The number of nitrogens with two attached hydrogens (primary N) is 1. The molecule has 1 aromatic heterocycles. The summed E-state index contributed by atoms with van der Waals surface area (Å²) in [5.74, 6) is -1.20. The Morgan fingerprint density at radius 1 is 1.02 bits per heavy atom. The van der Waals surface area contributed by atoms with Crippen molar-refractivity contribution in [2.75, 3.05) is 11.9 Å². The highest BCUT2D eigenvalue weighted by Crippen LogP contribution is 2.32. The van der Waals surface area contributed by atoms with E-state index in [4.69, 9.17) is 21.8 Å². The van der Waals surface area contributed by atoms with E-state index in [1.807, 2.05) is 63.2 Å². The van der Waals surface area contributed by atoms with Crippen LogP contribution in [0, 0.1) is 24.7 Å². The molecule has 1 aliphatic carbocycles. The Labute approximate surface area is 273 Å². The molecule has 242 valence electrons. The summed E-state index contributed by atoms with van der Waals surface area (Å²) in [6.07, 6.45) is 3.91. The van der Waals surface area contributed by atoms with Crippen molar-refractivity contribution in [3.63, 3.8) is 0 Å². The second-order valence-corrected chi connectivity index (χ2v) is 13.1. The number of amides is 2. The van der Waals surface area contributed by atoms with E-state index in [0.717, 1.165) is 47.9 Å². The molecule has 1 atom stereocenters. The molecule has 46 heavy (non-hydrogen) atoms. The minimum atomic E-state index is -0.639. The van der Waals surface area contributed by atoms with Gasteiger partial charge < -0.3 is 20.8 Å². The van der Waals surface area contributed by atoms with Crippen molar-refractivity contribution >= 4 is 46.0 Å². The molecule has 0 radical (unpaired) electrons. The van der Waals surface area contributed by atoms with Crippen LogP contribution in [0.3, 0.4) is 0 Å². The van der Waals surface area contributed by atoms with Gasteiger partial charge in [0.15, 0.2) is 5.58 Å². The van der Waals surface area contributed by atoms with E-state index in [1.54, 1.807) is 6.07 Å². The quantitative estimate of drug-likeness (QED) is 0.148. The summed E-state index contributed by atoms with van der Waals surface area (Å²) >= 11 is 6.31. The first-order valence-electron chi connectivity index (χ1n) is 15.9. The van der Waals surface area contributed by atoms with E-state index >= 15 is 0 Å². The number of aryl methyl sites for hydroxylation is 1. The summed E-state index contributed by atoms with van der Waals surface area (Å²) in [6, 6.07) is 16.8. The molecular weight excluding hydrogens is 604 g/mol. The van der Waals surface area contributed by atoms with Crippen molar-refractivity contribution < 1.29 is 18.8 Å². The van der Waals surface area contributed by atoms with Crippen LogP contribution in [0.4, 0.5) is 5.69 Å². The fraction of sp³-hybridized carbons (Fsp3) is 0.389. The molecule has 0 unspecified atom stereocenters. The zero-order valence-corrected chi connectivity index (χ0v) is 27.2. The molecule has 1 aliphatic rings. The lowest BCUT2D eigenvalue weighted by atomic mass is 9.77. The van der Waals surface area contributed by atoms with Gasteiger partial charge in [0.05, 0.1) is 10.5 Å². The van der Waals surface area contributed by atoms with Crippen LogP contribution in [0.5, 0.6) is 0 Å². The molecule has 0 aliphatic heterocycles. The largest absolute Gasteiger partial charge is 0.417 e. The van der Waals surface area contributed by atoms with Crippen LogP contribution in [0.15, 0.2) is 63.8 Å². The SMILES string of the molecule is Cc1cc(C(=O)NC(C)C)ccc1-c1ccc(C[C@H](CC(=O)C2CCC(CN)CC2)C(=O)Nc2cc(Cl)c3oc(=O)[nH]c3c2)cc1. The van der Waals surface area contributed by atoms with Gasteiger partial charge in [-0.15, -0.1) is 0 Å². The predicted molar refractivity (Wildman–Crippen MR) is 181 cm³/mol. The molecule has 1 fully saturated rings. The number of H-pyrrole nitrogens is 1. The number of carbonyl (C=O) groups excluding carboxylic acids is 3. The summed E-state index contributed by atoms with van der Waals surface area (Å²) in [4.78, 5) is 53.9. The average Bonchev–Trinajstić information content (AvgIpc) is 3.41. The molecule has 5 rings (SSSR count). The maximum absolute atomic E-state index is 13.7. The third-order valence-electron chi connectivity index (χ3n) is 8.85. The zero-order valence-electron chi connectivity index (χ0n) is 26.5. The van der Waals surface area contributed by atoms with Gasteiger partial charge in [-0.3, -0.25) is 19.4 Å². The molecular formula is C36H41ClN4O5. The van der Waals surface area contributed by atoms with Crippen LogP contribution in [0.25, 0.3) is 22.2 Å². The van der Waals surface area contributed by atoms with Gasteiger partial charge in [-0.25, -0.2) is 4.79 Å². The monoisotopic (exact) mass is 644 g/mol. The number of oxazole rings is 1. The second-order valence-electron chi connectivity index (χ2n) is 12.7. The lowest BCUT2D eigenvalue weighted by Crippen LogP contribution is -2.31. The highest BCUT2D eigenvalue weighted by atomic mass is 35.5. The lowest BCUT2D eigenvalue weighted by molar-refractivity contribution is -0.129. The number of anilines is 1. The minimum Gasteiger partial charge on any atom is -0.406 e. The fourth-order valence-corrected chi connectivity index (χ4v) is 6.56. The fourth-order valence-electron chi connectivity index (χ4n) is 6.30. The maximum Gasteiger partial charge on any atom is 0.417 e. The number of benzene rings is 3. The molecule has 1 heterocycles. The van der Waals surface area contributed by atoms with E-state index in [0.29, 0.717) is 35.7 Å². The van der Waals surface area contributed by atoms with E-state index in [-0.39, 0.29) is 46.6 Å². The Bertz CT molecular complexity index is 1780. The van der Waals surface area contributed by atoms with Gasteiger partial charge in [0.2, 0.25) is 5.91 Å². The highest BCUT2D eigenvalue weighted by molar-refractivity contribution is 6.35. The van der Waals surface area contributed by atoms with Crippen LogP contribution in [-0.2, 0) is 16.0 Å². The Morgan fingerprint density at radius 2 is 1.74 bits per heavy atom. The van der Waals surface area contributed by atoms with Crippen molar-refractivity contribution in [3.05, 3.63) is 86.9 Å². The van der Waals surface area contributed by atoms with Crippen molar-refractivity contribution in [1.82, 2.24) is 10.3 Å². The average molecular weight is 645 g/mol. The molecule has 0 saturated heterocycles. The summed E-state index contributed by atoms with van der Waals surface area (Å²) in [6.45, 7) is 6.47. The van der Waals surface area contributed by atoms with Gasteiger partial charge in [-0.1, -0.05) is 41.9 Å². The van der Waals surface area contributed by atoms with Gasteiger partial charge in [-0.2, -0.15) is 0 Å². The molecule has 2 amide bonds. The number of rotatable bonds is 11. The second kappa shape index (κ2) is 14.5. The number of hydrogen-bond donors (Lipinski definition) is 4. The number of carbonyl (C=O) groups is 3. The Balaban J connectivity index is 1.34. The third kappa shape index (κ3) is 7.95. The highest BCUT2D eigenvalue weighted by Gasteiger charge is 2.30. The van der Waals surface area contributed by atoms with Gasteiger partial charge >= 0.3 is 5.76 Å². The van der Waals surface area contributed by atoms with E-state index in [2.05, 4.69) is 15.6 Å². The maximum atomic E-state index is 13.7. The normalized spacial score (nSPS) is 17.2. The Morgan fingerprint density at radius 3 is 2.39 bits per heavy atom. The lowest BCUT2D eigenvalue weighted by Gasteiger charge is -2.27. The Hall–Kier alpha value is -4.21. The van der Waals surface area contributed by atoms with Gasteiger partial charge in [0.25, 0.3) is 5.91 Å². The summed E-state index contributed by atoms with van der Waals surface area (Å²) in [5, 5.41) is 6.02. The van der Waals surface area contributed by atoms with E-state index in [9.17, 15) is 19.2 Å². The van der Waals surface area contributed by atoms with E-state index < -0.39 is 11.7 Å². The van der Waals surface area contributed by atoms with Crippen molar-refractivity contribution in [2.45, 2.75) is 65.3 Å².